The molecule has 0 aliphatic heterocycles. The third-order valence-electron chi connectivity index (χ3n) is 4.97. The summed E-state index contributed by atoms with van der Waals surface area (Å²) in [5.41, 5.74) is 0.782. The first-order valence-corrected chi connectivity index (χ1v) is 8.29. The van der Waals surface area contributed by atoms with Gasteiger partial charge in [-0.3, -0.25) is 4.90 Å². The van der Waals surface area contributed by atoms with Crippen molar-refractivity contribution in [2.45, 2.75) is 64.1 Å². The molecule has 2 unspecified atom stereocenters. The highest BCUT2D eigenvalue weighted by atomic mass is 19.1. The maximum Gasteiger partial charge on any atom is 0.127 e. The average molecular weight is 292 g/mol. The molecule has 0 radical (unpaired) electrons. The molecule has 1 fully saturated rings. The molecule has 3 heteroatoms. The van der Waals surface area contributed by atoms with Gasteiger partial charge in [-0.25, -0.2) is 4.39 Å². The first-order valence-electron chi connectivity index (χ1n) is 8.29. The summed E-state index contributed by atoms with van der Waals surface area (Å²) in [6.07, 6.45) is 6.71. The monoisotopic (exact) mass is 292 g/mol. The third kappa shape index (κ3) is 4.52. The Balaban J connectivity index is 1.86. The first-order chi connectivity index (χ1) is 10.1. The Morgan fingerprint density at radius 3 is 2.52 bits per heavy atom. The third-order valence-corrected chi connectivity index (χ3v) is 4.97. The van der Waals surface area contributed by atoms with Crippen LogP contribution in [0.5, 0.6) is 0 Å². The zero-order chi connectivity index (χ0) is 15.2. The van der Waals surface area contributed by atoms with Gasteiger partial charge in [-0.15, -0.1) is 0 Å². The van der Waals surface area contributed by atoms with E-state index in [4.69, 9.17) is 0 Å². The number of hydrogen-bond donors (Lipinski definition) is 1. The number of halogens is 1. The fourth-order valence-electron chi connectivity index (χ4n) is 3.20. The molecule has 1 saturated carbocycles. The molecule has 2 nitrogen and oxygen atoms in total. The van der Waals surface area contributed by atoms with Gasteiger partial charge >= 0.3 is 0 Å². The number of rotatable bonds is 6. The van der Waals surface area contributed by atoms with Gasteiger partial charge in [0.2, 0.25) is 0 Å². The van der Waals surface area contributed by atoms with Crippen LogP contribution in [0.3, 0.4) is 0 Å². The molecule has 0 heterocycles. The van der Waals surface area contributed by atoms with Crippen molar-refractivity contribution in [2.75, 3.05) is 13.6 Å². The summed E-state index contributed by atoms with van der Waals surface area (Å²) in [7, 11) is 2.09. The molecule has 1 N–H and O–H groups in total. The molecular formula is C18H29FN2. The molecule has 2 rings (SSSR count). The summed E-state index contributed by atoms with van der Waals surface area (Å²) >= 11 is 0. The Kier molecular flexibility index (Phi) is 6.19. The molecule has 0 saturated heterocycles. The van der Waals surface area contributed by atoms with Crippen LogP contribution in [0.4, 0.5) is 4.39 Å². The van der Waals surface area contributed by atoms with Crippen molar-refractivity contribution in [2.24, 2.45) is 0 Å². The lowest BCUT2D eigenvalue weighted by molar-refractivity contribution is 0.183. The van der Waals surface area contributed by atoms with E-state index in [9.17, 15) is 4.39 Å². The van der Waals surface area contributed by atoms with Crippen LogP contribution in [0.25, 0.3) is 0 Å². The minimum Gasteiger partial charge on any atom is -0.312 e. The molecule has 2 atom stereocenters. The van der Waals surface area contributed by atoms with E-state index in [0.717, 1.165) is 12.1 Å². The van der Waals surface area contributed by atoms with Crippen molar-refractivity contribution >= 4 is 0 Å². The Morgan fingerprint density at radius 1 is 1.19 bits per heavy atom. The summed E-state index contributed by atoms with van der Waals surface area (Å²) in [5.74, 6) is -0.107. The number of nitrogens with zero attached hydrogens (tertiary/aromatic N) is 1. The van der Waals surface area contributed by atoms with Gasteiger partial charge in [0, 0.05) is 30.2 Å². The Bertz CT molecular complexity index is 429. The van der Waals surface area contributed by atoms with Gasteiger partial charge in [0.05, 0.1) is 0 Å². The quantitative estimate of drug-likeness (QED) is 0.848. The number of hydrogen-bond acceptors (Lipinski definition) is 2. The molecule has 0 amide bonds. The van der Waals surface area contributed by atoms with Gasteiger partial charge < -0.3 is 5.32 Å². The van der Waals surface area contributed by atoms with E-state index in [1.165, 1.54) is 32.1 Å². The molecular weight excluding hydrogens is 263 g/mol. The van der Waals surface area contributed by atoms with Crippen molar-refractivity contribution in [1.29, 1.82) is 0 Å². The smallest absolute Gasteiger partial charge is 0.127 e. The highest BCUT2D eigenvalue weighted by molar-refractivity contribution is 5.20. The molecule has 0 aromatic heterocycles. The van der Waals surface area contributed by atoms with E-state index < -0.39 is 0 Å². The Hall–Kier alpha value is -0.930. The van der Waals surface area contributed by atoms with Crippen LogP contribution in [-0.2, 0) is 0 Å². The van der Waals surface area contributed by atoms with Crippen LogP contribution in [0, 0.1) is 5.82 Å². The van der Waals surface area contributed by atoms with Crippen LogP contribution in [-0.4, -0.2) is 30.6 Å². The normalized spacial score (nSPS) is 19.7. The largest absolute Gasteiger partial charge is 0.312 e. The highest BCUT2D eigenvalue weighted by Gasteiger charge is 2.21. The maximum atomic E-state index is 13.9. The van der Waals surface area contributed by atoms with Crippen molar-refractivity contribution in [3.8, 4) is 0 Å². The molecule has 21 heavy (non-hydrogen) atoms. The van der Waals surface area contributed by atoms with Crippen LogP contribution >= 0.6 is 0 Å². The lowest BCUT2D eigenvalue weighted by Gasteiger charge is -2.33. The summed E-state index contributed by atoms with van der Waals surface area (Å²) in [5, 5.41) is 3.69. The van der Waals surface area contributed by atoms with Gasteiger partial charge in [0.15, 0.2) is 0 Å². The number of benzene rings is 1. The van der Waals surface area contributed by atoms with E-state index in [1.807, 2.05) is 12.1 Å². The summed E-state index contributed by atoms with van der Waals surface area (Å²) in [6, 6.07) is 8.25. The first kappa shape index (κ1) is 16.4. The van der Waals surface area contributed by atoms with Crippen molar-refractivity contribution < 1.29 is 4.39 Å². The molecule has 0 bridgehead atoms. The minimum absolute atomic E-state index is 0.0920. The molecule has 118 valence electrons. The van der Waals surface area contributed by atoms with Gasteiger partial charge in [0.1, 0.15) is 5.82 Å². The lowest BCUT2D eigenvalue weighted by Crippen LogP contribution is -2.43. The SMILES string of the molecule is CC(CNC1CCCCC1)N(C)C(C)c1ccccc1F. The van der Waals surface area contributed by atoms with Gasteiger partial charge in [-0.2, -0.15) is 0 Å². The van der Waals surface area contributed by atoms with Crippen molar-refractivity contribution in [3.63, 3.8) is 0 Å². The fourth-order valence-corrected chi connectivity index (χ4v) is 3.20. The van der Waals surface area contributed by atoms with Gasteiger partial charge in [-0.05, 0) is 39.8 Å². The predicted molar refractivity (Wildman–Crippen MR) is 86.9 cm³/mol. The number of nitrogens with one attached hydrogen (secondary N) is 1. The van der Waals surface area contributed by atoms with E-state index in [2.05, 4.69) is 31.1 Å². The van der Waals surface area contributed by atoms with E-state index in [0.29, 0.717) is 12.1 Å². The van der Waals surface area contributed by atoms with Crippen LogP contribution in [0.1, 0.15) is 57.6 Å². The number of likely N-dealkylation sites (N-methyl/N-ethyl adjacent to an activating group) is 1. The molecule has 1 aromatic carbocycles. The molecule has 1 aliphatic rings. The Labute approximate surface area is 128 Å². The zero-order valence-corrected chi connectivity index (χ0v) is 13.6. The highest BCUT2D eigenvalue weighted by Crippen LogP contribution is 2.23. The average Bonchev–Trinajstić information content (AvgIpc) is 2.52. The zero-order valence-electron chi connectivity index (χ0n) is 13.6. The van der Waals surface area contributed by atoms with Crippen molar-refractivity contribution in [1.82, 2.24) is 10.2 Å². The van der Waals surface area contributed by atoms with E-state index >= 15 is 0 Å². The van der Waals surface area contributed by atoms with Gasteiger partial charge in [0.25, 0.3) is 0 Å². The second-order valence-corrected chi connectivity index (χ2v) is 6.46. The van der Waals surface area contributed by atoms with Gasteiger partial charge in [-0.1, -0.05) is 37.5 Å². The van der Waals surface area contributed by atoms with Crippen LogP contribution < -0.4 is 5.32 Å². The summed E-state index contributed by atoms with van der Waals surface area (Å²) in [4.78, 5) is 2.26. The topological polar surface area (TPSA) is 15.3 Å². The molecule has 0 spiro atoms. The van der Waals surface area contributed by atoms with E-state index in [1.54, 1.807) is 12.1 Å². The second-order valence-electron chi connectivity index (χ2n) is 6.46. The van der Waals surface area contributed by atoms with Crippen LogP contribution in [0.15, 0.2) is 24.3 Å². The minimum atomic E-state index is -0.107. The van der Waals surface area contributed by atoms with Crippen molar-refractivity contribution in [3.05, 3.63) is 35.6 Å². The molecule has 1 aromatic rings. The standard InChI is InChI=1S/C18H29FN2/c1-14(13-20-16-9-5-4-6-10-16)21(3)15(2)17-11-7-8-12-18(17)19/h7-8,11-12,14-16,20H,4-6,9-10,13H2,1-3H3. The fraction of sp³-hybridized carbons (Fsp3) is 0.667. The van der Waals surface area contributed by atoms with E-state index in [-0.39, 0.29) is 11.9 Å². The van der Waals surface area contributed by atoms with Crippen LogP contribution in [0.2, 0.25) is 0 Å². The summed E-state index contributed by atoms with van der Waals surface area (Å²) in [6.45, 7) is 5.27. The predicted octanol–water partition coefficient (Wildman–Crippen LogP) is 4.13. The Morgan fingerprint density at radius 2 is 1.86 bits per heavy atom. The lowest BCUT2D eigenvalue weighted by atomic mass is 9.95. The second kappa shape index (κ2) is 7.90. The summed E-state index contributed by atoms with van der Waals surface area (Å²) < 4.78 is 13.9. The maximum absolute atomic E-state index is 13.9. The molecule has 1 aliphatic carbocycles.